The second-order valence-electron chi connectivity index (χ2n) is 3.86. The molecule has 0 aliphatic heterocycles. The van der Waals surface area contributed by atoms with Crippen molar-refractivity contribution in [1.82, 2.24) is 9.97 Å². The third kappa shape index (κ3) is 3.43. The lowest BCUT2D eigenvalue weighted by Gasteiger charge is -2.09. The van der Waals surface area contributed by atoms with Crippen molar-refractivity contribution < 1.29 is 14.6 Å². The molecular weight excluding hydrogens is 232 g/mol. The molecule has 0 saturated carbocycles. The van der Waals surface area contributed by atoms with E-state index in [1.165, 1.54) is 0 Å². The van der Waals surface area contributed by atoms with E-state index in [0.29, 0.717) is 17.8 Å². The maximum atomic E-state index is 11.6. The average molecular weight is 246 g/mol. The van der Waals surface area contributed by atoms with Crippen LogP contribution in [0.15, 0.2) is 42.7 Å². The summed E-state index contributed by atoms with van der Waals surface area (Å²) in [6, 6.07) is 8.68. The fourth-order valence-corrected chi connectivity index (χ4v) is 1.52. The van der Waals surface area contributed by atoms with E-state index in [1.54, 1.807) is 36.7 Å². The molecule has 0 bridgehead atoms. The summed E-state index contributed by atoms with van der Waals surface area (Å²) < 4.78 is 5.01. The van der Waals surface area contributed by atoms with Gasteiger partial charge in [0.15, 0.2) is 0 Å². The molecule has 18 heavy (non-hydrogen) atoms. The number of benzene rings is 1. The molecule has 1 atom stereocenters. The van der Waals surface area contributed by atoms with Gasteiger partial charge in [-0.3, -0.25) is 0 Å². The van der Waals surface area contributed by atoms with E-state index in [9.17, 15) is 9.90 Å². The van der Waals surface area contributed by atoms with Gasteiger partial charge >= 0.3 is 5.97 Å². The van der Waals surface area contributed by atoms with Gasteiger partial charge in [-0.25, -0.2) is 9.78 Å². The highest BCUT2D eigenvalue weighted by Gasteiger charge is 2.12. The van der Waals surface area contributed by atoms with Crippen LogP contribution < -0.4 is 0 Å². The number of aliphatic hydroxyl groups excluding tert-OH is 1. The monoisotopic (exact) mass is 246 g/mol. The predicted molar refractivity (Wildman–Crippen MR) is 65.0 cm³/mol. The number of carbonyl (C=O) groups excluding carboxylic acids is 1. The van der Waals surface area contributed by atoms with Crippen molar-refractivity contribution >= 4 is 5.97 Å². The highest BCUT2D eigenvalue weighted by Crippen LogP contribution is 2.03. The Labute approximate surface area is 104 Å². The molecule has 1 aromatic carbocycles. The van der Waals surface area contributed by atoms with Gasteiger partial charge in [0.05, 0.1) is 11.7 Å². The summed E-state index contributed by atoms with van der Waals surface area (Å²) in [4.78, 5) is 18.5. The molecule has 5 heteroatoms. The van der Waals surface area contributed by atoms with Gasteiger partial charge in [0, 0.05) is 18.8 Å². The number of rotatable bonds is 5. The molecule has 0 fully saturated rings. The minimum atomic E-state index is -0.760. The van der Waals surface area contributed by atoms with Crippen molar-refractivity contribution in [2.75, 3.05) is 6.61 Å². The largest absolute Gasteiger partial charge is 0.459 e. The summed E-state index contributed by atoms with van der Waals surface area (Å²) in [5.74, 6) is 0.229. The SMILES string of the molecule is O=C(OC[C@H](O)Cc1ncc[nH]1)c1ccccc1. The summed E-state index contributed by atoms with van der Waals surface area (Å²) in [5.41, 5.74) is 0.475. The normalized spacial score (nSPS) is 12.1. The Kier molecular flexibility index (Phi) is 4.09. The van der Waals surface area contributed by atoms with Crippen molar-refractivity contribution in [2.24, 2.45) is 0 Å². The number of aromatic nitrogens is 2. The lowest BCUT2D eigenvalue weighted by atomic mass is 10.2. The van der Waals surface area contributed by atoms with Crippen LogP contribution in [0, 0.1) is 0 Å². The van der Waals surface area contributed by atoms with Crippen molar-refractivity contribution in [2.45, 2.75) is 12.5 Å². The molecule has 0 aliphatic carbocycles. The van der Waals surface area contributed by atoms with Gasteiger partial charge in [0.2, 0.25) is 0 Å². The number of H-pyrrole nitrogens is 1. The van der Waals surface area contributed by atoms with E-state index in [4.69, 9.17) is 4.74 Å². The van der Waals surface area contributed by atoms with Gasteiger partial charge < -0.3 is 14.8 Å². The van der Waals surface area contributed by atoms with Crippen molar-refractivity contribution in [3.05, 3.63) is 54.1 Å². The first-order valence-electron chi connectivity index (χ1n) is 5.64. The Hall–Kier alpha value is -2.14. The van der Waals surface area contributed by atoms with E-state index in [2.05, 4.69) is 9.97 Å². The molecule has 2 aromatic rings. The molecule has 1 heterocycles. The Balaban J connectivity index is 1.79. The number of nitrogens with zero attached hydrogens (tertiary/aromatic N) is 1. The molecule has 5 nitrogen and oxygen atoms in total. The van der Waals surface area contributed by atoms with Gasteiger partial charge in [-0.1, -0.05) is 18.2 Å². The average Bonchev–Trinajstić information content (AvgIpc) is 2.90. The first-order valence-corrected chi connectivity index (χ1v) is 5.64. The third-order valence-corrected chi connectivity index (χ3v) is 2.40. The second-order valence-corrected chi connectivity index (χ2v) is 3.86. The van der Waals surface area contributed by atoms with Gasteiger partial charge in [0.25, 0.3) is 0 Å². The molecule has 94 valence electrons. The topological polar surface area (TPSA) is 75.2 Å². The first-order chi connectivity index (χ1) is 8.75. The van der Waals surface area contributed by atoms with Crippen LogP contribution in [-0.4, -0.2) is 33.8 Å². The second kappa shape index (κ2) is 5.97. The fraction of sp³-hybridized carbons (Fsp3) is 0.231. The number of imidazole rings is 1. The maximum Gasteiger partial charge on any atom is 0.338 e. The number of hydrogen-bond acceptors (Lipinski definition) is 4. The van der Waals surface area contributed by atoms with Gasteiger partial charge in [0.1, 0.15) is 12.4 Å². The quantitative estimate of drug-likeness (QED) is 0.776. The minimum Gasteiger partial charge on any atom is -0.459 e. The molecule has 0 radical (unpaired) electrons. The van der Waals surface area contributed by atoms with Crippen LogP contribution in [0.1, 0.15) is 16.2 Å². The molecule has 1 aromatic heterocycles. The summed E-state index contributed by atoms with van der Waals surface area (Å²) in [6.07, 6.45) is 2.86. The summed E-state index contributed by atoms with van der Waals surface area (Å²) in [6.45, 7) is -0.0472. The standard InChI is InChI=1S/C13H14N2O3/c16-11(8-12-14-6-7-15-12)9-18-13(17)10-4-2-1-3-5-10/h1-7,11,16H,8-9H2,(H,14,15)/t11-/m1/s1. The fourth-order valence-electron chi connectivity index (χ4n) is 1.52. The lowest BCUT2D eigenvalue weighted by molar-refractivity contribution is 0.0255. The van der Waals surface area contributed by atoms with Crippen LogP contribution in [-0.2, 0) is 11.2 Å². The smallest absolute Gasteiger partial charge is 0.338 e. The highest BCUT2D eigenvalue weighted by atomic mass is 16.5. The predicted octanol–water partition coefficient (Wildman–Crippen LogP) is 1.17. The zero-order valence-corrected chi connectivity index (χ0v) is 9.74. The molecule has 0 spiro atoms. The Bertz CT molecular complexity index is 482. The highest BCUT2D eigenvalue weighted by molar-refractivity contribution is 5.89. The molecule has 0 saturated heterocycles. The molecular formula is C13H14N2O3. The number of ether oxygens (including phenoxy) is 1. The molecule has 2 rings (SSSR count). The van der Waals surface area contributed by atoms with Gasteiger partial charge in [-0.05, 0) is 12.1 Å². The van der Waals surface area contributed by atoms with Gasteiger partial charge in [-0.15, -0.1) is 0 Å². The third-order valence-electron chi connectivity index (χ3n) is 2.40. The molecule has 0 aliphatic rings. The van der Waals surface area contributed by atoms with E-state index in [0.717, 1.165) is 0 Å². The molecule has 0 amide bonds. The number of carbonyl (C=O) groups is 1. The van der Waals surface area contributed by atoms with Crippen molar-refractivity contribution in [1.29, 1.82) is 0 Å². The summed E-state index contributed by atoms with van der Waals surface area (Å²) >= 11 is 0. The zero-order chi connectivity index (χ0) is 12.8. The van der Waals surface area contributed by atoms with Crippen molar-refractivity contribution in [3.8, 4) is 0 Å². The van der Waals surface area contributed by atoms with Crippen LogP contribution in [0.25, 0.3) is 0 Å². The number of esters is 1. The number of aliphatic hydroxyl groups is 1. The molecule has 0 unspecified atom stereocenters. The maximum absolute atomic E-state index is 11.6. The number of nitrogens with one attached hydrogen (secondary N) is 1. The zero-order valence-electron chi connectivity index (χ0n) is 9.74. The van der Waals surface area contributed by atoms with Crippen LogP contribution >= 0.6 is 0 Å². The Morgan fingerprint density at radius 1 is 1.39 bits per heavy atom. The number of hydrogen-bond donors (Lipinski definition) is 2. The van der Waals surface area contributed by atoms with E-state index >= 15 is 0 Å². The summed E-state index contributed by atoms with van der Waals surface area (Å²) in [5, 5.41) is 9.68. The lowest BCUT2D eigenvalue weighted by Crippen LogP contribution is -2.21. The summed E-state index contributed by atoms with van der Waals surface area (Å²) in [7, 11) is 0. The van der Waals surface area contributed by atoms with E-state index in [1.807, 2.05) is 6.07 Å². The van der Waals surface area contributed by atoms with E-state index in [-0.39, 0.29) is 6.61 Å². The van der Waals surface area contributed by atoms with Crippen LogP contribution in [0.4, 0.5) is 0 Å². The number of aromatic amines is 1. The van der Waals surface area contributed by atoms with Crippen LogP contribution in [0.3, 0.4) is 0 Å². The van der Waals surface area contributed by atoms with Crippen LogP contribution in [0.5, 0.6) is 0 Å². The minimum absolute atomic E-state index is 0.0472. The van der Waals surface area contributed by atoms with Crippen LogP contribution in [0.2, 0.25) is 0 Å². The van der Waals surface area contributed by atoms with Gasteiger partial charge in [-0.2, -0.15) is 0 Å². The Morgan fingerprint density at radius 3 is 2.83 bits per heavy atom. The van der Waals surface area contributed by atoms with Crippen molar-refractivity contribution in [3.63, 3.8) is 0 Å². The first kappa shape index (κ1) is 12.3. The van der Waals surface area contributed by atoms with E-state index < -0.39 is 12.1 Å². The molecule has 2 N–H and O–H groups in total. The Morgan fingerprint density at radius 2 is 2.17 bits per heavy atom.